The molecule has 9 heteroatoms. The van der Waals surface area contributed by atoms with Crippen molar-refractivity contribution in [2.75, 3.05) is 24.8 Å². The lowest BCUT2D eigenvalue weighted by Crippen LogP contribution is -2.34. The highest BCUT2D eigenvalue weighted by Crippen LogP contribution is 2.34. The van der Waals surface area contributed by atoms with E-state index in [9.17, 15) is 4.79 Å². The number of ketones is 1. The van der Waals surface area contributed by atoms with Crippen LogP contribution in [0.3, 0.4) is 0 Å². The number of aromatic nitrogens is 4. The molecule has 9 nitrogen and oxygen atoms in total. The summed E-state index contributed by atoms with van der Waals surface area (Å²) in [5.74, 6) is 1.58. The molecule has 0 radical (unpaired) electrons. The third-order valence-corrected chi connectivity index (χ3v) is 5.75. The average molecular weight is 406 g/mol. The first kappa shape index (κ1) is 18.6. The Labute approximate surface area is 172 Å². The molecule has 0 aliphatic heterocycles. The van der Waals surface area contributed by atoms with E-state index >= 15 is 0 Å². The Bertz CT molecular complexity index is 1230. The van der Waals surface area contributed by atoms with Crippen molar-refractivity contribution in [2.45, 2.75) is 25.4 Å². The van der Waals surface area contributed by atoms with Gasteiger partial charge < -0.3 is 19.8 Å². The molecule has 0 amide bonds. The van der Waals surface area contributed by atoms with E-state index in [4.69, 9.17) is 9.15 Å². The molecule has 0 saturated heterocycles. The lowest BCUT2D eigenvalue weighted by atomic mass is 9.78. The van der Waals surface area contributed by atoms with Crippen molar-refractivity contribution in [1.82, 2.24) is 19.6 Å². The topological polar surface area (TPSA) is 107 Å². The Kier molecular flexibility index (Phi) is 4.59. The molecule has 1 saturated carbocycles. The number of hydrogen-bond acceptors (Lipinski definition) is 8. The molecular weight excluding hydrogens is 384 g/mol. The van der Waals surface area contributed by atoms with Crippen LogP contribution in [-0.4, -0.2) is 45.6 Å². The first-order chi connectivity index (χ1) is 14.7. The number of nitrogens with one attached hydrogen (secondary N) is 2. The van der Waals surface area contributed by atoms with Crippen molar-refractivity contribution >= 4 is 39.9 Å². The number of nitrogens with zero attached hydrogens (tertiary/aromatic N) is 4. The second-order valence-corrected chi connectivity index (χ2v) is 7.44. The quantitative estimate of drug-likeness (QED) is 0.448. The van der Waals surface area contributed by atoms with Gasteiger partial charge in [-0.3, -0.25) is 4.79 Å². The molecule has 3 heterocycles. The predicted octanol–water partition coefficient (Wildman–Crippen LogP) is 3.65. The Morgan fingerprint density at radius 2 is 2.27 bits per heavy atom. The highest BCUT2D eigenvalue weighted by Gasteiger charge is 2.33. The molecule has 0 bridgehead atoms. The smallest absolute Gasteiger partial charge is 0.182 e. The zero-order valence-electron chi connectivity index (χ0n) is 16.8. The van der Waals surface area contributed by atoms with Crippen molar-refractivity contribution in [3.63, 3.8) is 0 Å². The number of rotatable bonds is 7. The summed E-state index contributed by atoms with van der Waals surface area (Å²) >= 11 is 0. The van der Waals surface area contributed by atoms with Crippen molar-refractivity contribution in [2.24, 2.45) is 5.92 Å². The van der Waals surface area contributed by atoms with Gasteiger partial charge in [-0.05, 0) is 30.9 Å². The summed E-state index contributed by atoms with van der Waals surface area (Å²) in [5.41, 5.74) is 3.19. The van der Waals surface area contributed by atoms with Gasteiger partial charge in [-0.1, -0.05) is 6.07 Å². The van der Waals surface area contributed by atoms with Crippen LogP contribution in [0.4, 0.5) is 17.3 Å². The van der Waals surface area contributed by atoms with Gasteiger partial charge in [0, 0.05) is 26.6 Å². The molecule has 1 aromatic carbocycles. The van der Waals surface area contributed by atoms with Crippen molar-refractivity contribution in [1.29, 1.82) is 0 Å². The van der Waals surface area contributed by atoms with Gasteiger partial charge in [0.25, 0.3) is 0 Å². The van der Waals surface area contributed by atoms with E-state index in [2.05, 4.69) is 25.7 Å². The molecule has 1 fully saturated rings. The Hall–Kier alpha value is -3.46. The SMILES string of the molecule is CNc1cc(Nc2cccc3ocnc23)nc2c(C(=O)CC3CC[C@@H]3OC)cnn12. The zero-order chi connectivity index (χ0) is 20.7. The van der Waals surface area contributed by atoms with Crippen LogP contribution < -0.4 is 10.6 Å². The number of fused-ring (bicyclic) bond motifs is 2. The summed E-state index contributed by atoms with van der Waals surface area (Å²) in [7, 11) is 3.50. The molecular formula is C21H22N6O3. The van der Waals surface area contributed by atoms with Crippen molar-refractivity contribution < 1.29 is 13.9 Å². The second kappa shape index (κ2) is 7.42. The summed E-state index contributed by atoms with van der Waals surface area (Å²) in [5, 5.41) is 10.8. The molecule has 3 aromatic heterocycles. The van der Waals surface area contributed by atoms with Crippen LogP contribution in [0.25, 0.3) is 16.7 Å². The number of methoxy groups -OCH3 is 1. The number of carbonyl (C=O) groups excluding carboxylic acids is 1. The van der Waals surface area contributed by atoms with Gasteiger partial charge in [0.05, 0.1) is 23.6 Å². The van der Waals surface area contributed by atoms with Gasteiger partial charge in [-0.25, -0.2) is 9.97 Å². The normalized spacial score (nSPS) is 18.5. The summed E-state index contributed by atoms with van der Waals surface area (Å²) in [4.78, 5) is 21.9. The molecule has 154 valence electrons. The predicted molar refractivity (Wildman–Crippen MR) is 112 cm³/mol. The maximum absolute atomic E-state index is 13.0. The first-order valence-electron chi connectivity index (χ1n) is 9.89. The maximum Gasteiger partial charge on any atom is 0.182 e. The number of anilines is 3. The lowest BCUT2D eigenvalue weighted by molar-refractivity contribution is -0.0171. The Morgan fingerprint density at radius 3 is 3.03 bits per heavy atom. The van der Waals surface area contributed by atoms with E-state index in [-0.39, 0.29) is 17.8 Å². The van der Waals surface area contributed by atoms with Gasteiger partial charge in [0.1, 0.15) is 17.2 Å². The zero-order valence-corrected chi connectivity index (χ0v) is 16.8. The fourth-order valence-corrected chi connectivity index (χ4v) is 3.96. The third-order valence-electron chi connectivity index (χ3n) is 5.75. The van der Waals surface area contributed by atoms with Crippen LogP contribution >= 0.6 is 0 Å². The van der Waals surface area contributed by atoms with Gasteiger partial charge in [-0.2, -0.15) is 9.61 Å². The minimum Gasteiger partial charge on any atom is -0.443 e. The van der Waals surface area contributed by atoms with Gasteiger partial charge in [0.15, 0.2) is 23.4 Å². The summed E-state index contributed by atoms with van der Waals surface area (Å²) in [6, 6.07) is 7.47. The minimum absolute atomic E-state index is 0.0297. The fraction of sp³-hybridized carbons (Fsp3) is 0.333. The van der Waals surface area contributed by atoms with Crippen LogP contribution in [0.2, 0.25) is 0 Å². The van der Waals surface area contributed by atoms with Crippen molar-refractivity contribution in [3.05, 3.63) is 42.4 Å². The van der Waals surface area contributed by atoms with Gasteiger partial charge in [-0.15, -0.1) is 0 Å². The molecule has 0 spiro atoms. The molecule has 1 aliphatic rings. The van der Waals surface area contributed by atoms with E-state index in [1.54, 1.807) is 24.9 Å². The molecule has 5 rings (SSSR count). The second-order valence-electron chi connectivity index (χ2n) is 7.44. The molecule has 2 atom stereocenters. The van der Waals surface area contributed by atoms with Crippen LogP contribution in [0.5, 0.6) is 0 Å². The van der Waals surface area contributed by atoms with Crippen LogP contribution in [0.1, 0.15) is 29.6 Å². The number of hydrogen-bond donors (Lipinski definition) is 2. The van der Waals surface area contributed by atoms with Crippen molar-refractivity contribution in [3.8, 4) is 0 Å². The average Bonchev–Trinajstić information content (AvgIpc) is 3.38. The van der Waals surface area contributed by atoms with E-state index in [0.717, 1.165) is 18.5 Å². The number of Topliss-reactive ketones (excluding diaryl/α,β-unsaturated/α-hetero) is 1. The van der Waals surface area contributed by atoms with Gasteiger partial charge in [0.2, 0.25) is 0 Å². The van der Waals surface area contributed by atoms with Gasteiger partial charge >= 0.3 is 0 Å². The summed E-state index contributed by atoms with van der Waals surface area (Å²) in [6.45, 7) is 0. The molecule has 1 unspecified atom stereocenters. The van der Waals surface area contributed by atoms with Crippen LogP contribution in [-0.2, 0) is 4.74 Å². The maximum atomic E-state index is 13.0. The Balaban J connectivity index is 1.50. The highest BCUT2D eigenvalue weighted by atomic mass is 16.5. The number of carbonyl (C=O) groups is 1. The summed E-state index contributed by atoms with van der Waals surface area (Å²) in [6.07, 6.45) is 5.62. The van der Waals surface area contributed by atoms with E-state index in [1.165, 1.54) is 6.39 Å². The molecule has 4 aromatic rings. The largest absolute Gasteiger partial charge is 0.443 e. The van der Waals surface area contributed by atoms with E-state index in [1.807, 2.05) is 24.3 Å². The highest BCUT2D eigenvalue weighted by molar-refractivity contribution is 6.02. The lowest BCUT2D eigenvalue weighted by Gasteiger charge is -2.34. The molecule has 2 N–H and O–H groups in total. The molecule has 1 aliphatic carbocycles. The Morgan fingerprint density at radius 1 is 1.37 bits per heavy atom. The first-order valence-corrected chi connectivity index (χ1v) is 9.89. The van der Waals surface area contributed by atoms with Crippen LogP contribution in [0.15, 0.2) is 41.3 Å². The third kappa shape index (κ3) is 3.07. The number of oxazole rings is 1. The molecule has 30 heavy (non-hydrogen) atoms. The number of benzene rings is 1. The van der Waals surface area contributed by atoms with Crippen LogP contribution in [0, 0.1) is 5.92 Å². The standard InChI is InChI=1S/C21H22N6O3/c1-22-19-9-18(25-14-4-3-5-17-20(14)23-11-30-17)26-21-13(10-24-27(19)21)15(28)8-12-6-7-16(12)29-2/h3-5,9-12,16,22H,6-8H2,1-2H3,(H,25,26)/t12?,16-/m0/s1. The van der Waals surface area contributed by atoms with E-state index < -0.39 is 0 Å². The fourth-order valence-electron chi connectivity index (χ4n) is 3.96. The number of ether oxygens (including phenoxy) is 1. The number of para-hydroxylation sites is 1. The minimum atomic E-state index is 0.0297. The monoisotopic (exact) mass is 406 g/mol. The van der Waals surface area contributed by atoms with E-state index in [0.29, 0.717) is 40.4 Å². The summed E-state index contributed by atoms with van der Waals surface area (Å²) < 4.78 is 12.4.